The fourth-order valence-corrected chi connectivity index (χ4v) is 2.23. The second-order valence-electron chi connectivity index (χ2n) is 4.58. The van der Waals surface area contributed by atoms with E-state index < -0.39 is 12.5 Å². The van der Waals surface area contributed by atoms with Crippen LogP contribution in [0.15, 0.2) is 28.9 Å². The van der Waals surface area contributed by atoms with Crippen LogP contribution in [0.3, 0.4) is 0 Å². The highest BCUT2D eigenvalue weighted by Gasteiger charge is 2.17. The molecular weight excluding hydrogens is 360 g/mol. The van der Waals surface area contributed by atoms with E-state index >= 15 is 0 Å². The number of halogens is 3. The third kappa shape index (κ3) is 3.82. The fraction of sp³-hybridized carbons (Fsp3) is 0.286. The van der Waals surface area contributed by atoms with E-state index in [-0.39, 0.29) is 17.9 Å². The zero-order valence-corrected chi connectivity index (χ0v) is 13.5. The normalized spacial score (nSPS) is 10.8. The van der Waals surface area contributed by atoms with E-state index in [1.165, 1.54) is 18.2 Å². The molecule has 1 heterocycles. The number of aryl methyl sites for hydroxylation is 1. The SMILES string of the molecule is Cc1c(CNC(=O)c2cc(Br)ccc2OC(F)F)cnn1C. The van der Waals surface area contributed by atoms with Gasteiger partial charge in [-0.2, -0.15) is 13.9 Å². The molecular formula is C14H14BrF2N3O2. The average Bonchev–Trinajstić information content (AvgIpc) is 2.77. The lowest BCUT2D eigenvalue weighted by Gasteiger charge is -2.11. The van der Waals surface area contributed by atoms with Crippen molar-refractivity contribution in [1.29, 1.82) is 0 Å². The molecule has 8 heteroatoms. The van der Waals surface area contributed by atoms with Gasteiger partial charge in [0.15, 0.2) is 0 Å². The largest absolute Gasteiger partial charge is 0.434 e. The Morgan fingerprint density at radius 1 is 1.50 bits per heavy atom. The van der Waals surface area contributed by atoms with Gasteiger partial charge in [-0.1, -0.05) is 15.9 Å². The highest BCUT2D eigenvalue weighted by Crippen LogP contribution is 2.25. The number of benzene rings is 1. The van der Waals surface area contributed by atoms with Crippen LogP contribution in [0.25, 0.3) is 0 Å². The molecule has 22 heavy (non-hydrogen) atoms. The van der Waals surface area contributed by atoms with Crippen LogP contribution >= 0.6 is 15.9 Å². The number of carbonyl (C=O) groups excluding carboxylic acids is 1. The first-order valence-corrected chi connectivity index (χ1v) is 7.18. The molecule has 0 aliphatic heterocycles. The predicted molar refractivity (Wildman–Crippen MR) is 79.9 cm³/mol. The molecule has 1 N–H and O–H groups in total. The van der Waals surface area contributed by atoms with Crippen LogP contribution in [0.1, 0.15) is 21.6 Å². The number of hydrogen-bond acceptors (Lipinski definition) is 3. The third-order valence-electron chi connectivity index (χ3n) is 3.18. The summed E-state index contributed by atoms with van der Waals surface area (Å²) in [6.45, 7) is -0.869. The molecule has 1 aromatic heterocycles. The van der Waals surface area contributed by atoms with Gasteiger partial charge >= 0.3 is 6.61 Å². The van der Waals surface area contributed by atoms with Crippen molar-refractivity contribution in [2.24, 2.45) is 7.05 Å². The van der Waals surface area contributed by atoms with Crippen LogP contribution in [0.2, 0.25) is 0 Å². The molecule has 0 fully saturated rings. The Hall–Kier alpha value is -1.96. The number of alkyl halides is 2. The van der Waals surface area contributed by atoms with Crippen LogP contribution in [0.4, 0.5) is 8.78 Å². The molecule has 0 saturated heterocycles. The Labute approximate surface area is 134 Å². The molecule has 0 spiro atoms. The summed E-state index contributed by atoms with van der Waals surface area (Å²) in [7, 11) is 1.80. The second-order valence-corrected chi connectivity index (χ2v) is 5.50. The van der Waals surface area contributed by atoms with E-state index in [0.29, 0.717) is 4.47 Å². The van der Waals surface area contributed by atoms with Crippen LogP contribution < -0.4 is 10.1 Å². The number of ether oxygens (including phenoxy) is 1. The van der Waals surface area contributed by atoms with Gasteiger partial charge in [0, 0.05) is 29.3 Å². The van der Waals surface area contributed by atoms with Gasteiger partial charge in [0.1, 0.15) is 5.75 Å². The van der Waals surface area contributed by atoms with Gasteiger partial charge in [-0.15, -0.1) is 0 Å². The molecule has 0 saturated carbocycles. The molecule has 0 aliphatic carbocycles. The molecule has 5 nitrogen and oxygen atoms in total. The molecule has 0 radical (unpaired) electrons. The second kappa shape index (κ2) is 6.87. The maximum absolute atomic E-state index is 12.4. The third-order valence-corrected chi connectivity index (χ3v) is 3.67. The summed E-state index contributed by atoms with van der Waals surface area (Å²) in [5, 5.41) is 6.74. The Morgan fingerprint density at radius 2 is 2.23 bits per heavy atom. The molecule has 2 rings (SSSR count). The maximum atomic E-state index is 12.4. The zero-order valence-electron chi connectivity index (χ0n) is 11.9. The van der Waals surface area contributed by atoms with Crippen molar-refractivity contribution in [1.82, 2.24) is 15.1 Å². The number of hydrogen-bond donors (Lipinski definition) is 1. The van der Waals surface area contributed by atoms with Gasteiger partial charge in [0.25, 0.3) is 5.91 Å². The minimum absolute atomic E-state index is 0.0382. The van der Waals surface area contributed by atoms with Gasteiger partial charge in [-0.05, 0) is 25.1 Å². The van der Waals surface area contributed by atoms with E-state index in [1.807, 2.05) is 6.92 Å². The van der Waals surface area contributed by atoms with Crippen molar-refractivity contribution in [3.8, 4) is 5.75 Å². The van der Waals surface area contributed by atoms with Crippen molar-refractivity contribution in [2.45, 2.75) is 20.1 Å². The molecule has 1 amide bonds. The highest BCUT2D eigenvalue weighted by atomic mass is 79.9. The van der Waals surface area contributed by atoms with E-state index in [4.69, 9.17) is 0 Å². The Morgan fingerprint density at radius 3 is 2.82 bits per heavy atom. The Kier molecular flexibility index (Phi) is 5.12. The first-order valence-electron chi connectivity index (χ1n) is 6.38. The van der Waals surface area contributed by atoms with Crippen LogP contribution in [0.5, 0.6) is 5.75 Å². The quantitative estimate of drug-likeness (QED) is 0.876. The standard InChI is InChI=1S/C14H14BrF2N3O2/c1-8-9(7-19-20(8)2)6-18-13(21)11-5-10(15)3-4-12(11)22-14(16)17/h3-5,7,14H,6H2,1-2H3,(H,18,21). The molecule has 1 aromatic carbocycles. The molecule has 2 aromatic rings. The monoisotopic (exact) mass is 373 g/mol. The van der Waals surface area contributed by atoms with E-state index in [0.717, 1.165) is 11.3 Å². The molecule has 0 bridgehead atoms. The fourth-order valence-electron chi connectivity index (χ4n) is 1.87. The zero-order chi connectivity index (χ0) is 16.3. The number of rotatable bonds is 5. The van der Waals surface area contributed by atoms with E-state index in [9.17, 15) is 13.6 Å². The highest BCUT2D eigenvalue weighted by molar-refractivity contribution is 9.10. The first-order chi connectivity index (χ1) is 10.4. The first kappa shape index (κ1) is 16.4. The van der Waals surface area contributed by atoms with Gasteiger partial charge in [0.05, 0.1) is 11.8 Å². The number of aromatic nitrogens is 2. The van der Waals surface area contributed by atoms with Crippen molar-refractivity contribution in [3.63, 3.8) is 0 Å². The summed E-state index contributed by atoms with van der Waals surface area (Å²) in [5.74, 6) is -0.668. The number of nitrogens with zero attached hydrogens (tertiary/aromatic N) is 2. The lowest BCUT2D eigenvalue weighted by Crippen LogP contribution is -2.24. The number of carbonyl (C=O) groups is 1. The Bertz CT molecular complexity index is 689. The van der Waals surface area contributed by atoms with Crippen LogP contribution in [-0.4, -0.2) is 22.3 Å². The van der Waals surface area contributed by atoms with Crippen molar-refractivity contribution < 1.29 is 18.3 Å². The molecule has 0 unspecified atom stereocenters. The van der Waals surface area contributed by atoms with Crippen LogP contribution in [-0.2, 0) is 13.6 Å². The van der Waals surface area contributed by atoms with Crippen molar-refractivity contribution in [2.75, 3.05) is 0 Å². The van der Waals surface area contributed by atoms with Crippen molar-refractivity contribution >= 4 is 21.8 Å². The number of nitrogens with one attached hydrogen (secondary N) is 1. The summed E-state index contributed by atoms with van der Waals surface area (Å²) in [4.78, 5) is 12.2. The summed E-state index contributed by atoms with van der Waals surface area (Å²) < 4.78 is 31.4. The minimum Gasteiger partial charge on any atom is -0.434 e. The summed E-state index contributed by atoms with van der Waals surface area (Å²) in [6.07, 6.45) is 1.65. The molecule has 0 atom stereocenters. The molecule has 118 valence electrons. The van der Waals surface area contributed by atoms with Gasteiger partial charge < -0.3 is 10.1 Å². The average molecular weight is 374 g/mol. The predicted octanol–water partition coefficient (Wildman–Crippen LogP) is 3.02. The topological polar surface area (TPSA) is 56.1 Å². The van der Waals surface area contributed by atoms with E-state index in [2.05, 4.69) is 31.1 Å². The smallest absolute Gasteiger partial charge is 0.387 e. The van der Waals surface area contributed by atoms with Gasteiger partial charge in [-0.3, -0.25) is 9.48 Å². The Balaban J connectivity index is 2.15. The van der Waals surface area contributed by atoms with Crippen LogP contribution in [0, 0.1) is 6.92 Å². The summed E-state index contributed by atoms with van der Waals surface area (Å²) in [6, 6.07) is 4.28. The van der Waals surface area contributed by atoms with Gasteiger partial charge in [-0.25, -0.2) is 0 Å². The lowest BCUT2D eigenvalue weighted by atomic mass is 10.2. The maximum Gasteiger partial charge on any atom is 0.387 e. The van der Waals surface area contributed by atoms with Gasteiger partial charge in [0.2, 0.25) is 0 Å². The summed E-state index contributed by atoms with van der Waals surface area (Å²) in [5.41, 5.74) is 1.80. The minimum atomic E-state index is -2.99. The molecule has 0 aliphatic rings. The lowest BCUT2D eigenvalue weighted by molar-refractivity contribution is -0.0501. The summed E-state index contributed by atoms with van der Waals surface area (Å²) >= 11 is 3.21. The van der Waals surface area contributed by atoms with Crippen molar-refractivity contribution in [3.05, 3.63) is 45.7 Å². The number of amides is 1. The van der Waals surface area contributed by atoms with E-state index in [1.54, 1.807) is 17.9 Å².